The topological polar surface area (TPSA) is 77.4 Å². The van der Waals surface area contributed by atoms with Gasteiger partial charge in [-0.2, -0.15) is 0 Å². The molecule has 0 aliphatic carbocycles. The Balaban J connectivity index is 0. The van der Waals surface area contributed by atoms with E-state index < -0.39 is 15.4 Å². The minimum atomic E-state index is -4.15. The molecular formula is C23H47NaO4S. The summed E-state index contributed by atoms with van der Waals surface area (Å²) in [6, 6.07) is 0. The molecule has 0 amide bonds. The monoisotopic (exact) mass is 442 g/mol. The third-order valence-corrected chi connectivity index (χ3v) is 7.00. The average molecular weight is 443 g/mol. The van der Waals surface area contributed by atoms with Gasteiger partial charge >= 0.3 is 29.6 Å². The van der Waals surface area contributed by atoms with E-state index in [2.05, 4.69) is 6.92 Å². The van der Waals surface area contributed by atoms with Crippen LogP contribution in [0.1, 0.15) is 136 Å². The molecule has 0 aliphatic heterocycles. The molecule has 2 unspecified atom stereocenters. The van der Waals surface area contributed by atoms with Gasteiger partial charge in [0.05, 0.1) is 16.2 Å². The molecule has 0 spiro atoms. The first kappa shape index (κ1) is 32.1. The molecule has 0 aromatic rings. The second kappa shape index (κ2) is 22.1. The second-order valence-corrected chi connectivity index (χ2v) is 10.4. The van der Waals surface area contributed by atoms with Crippen LogP contribution >= 0.6 is 0 Å². The SMILES string of the molecule is CCCCCCCCCCCCCCCCC(O)CCCCC(C)S(=O)(=O)[O-].[Na+]. The van der Waals surface area contributed by atoms with E-state index in [-0.39, 0.29) is 35.7 Å². The molecular weight excluding hydrogens is 395 g/mol. The summed E-state index contributed by atoms with van der Waals surface area (Å²) in [7, 11) is -4.15. The minimum Gasteiger partial charge on any atom is -0.748 e. The van der Waals surface area contributed by atoms with Crippen molar-refractivity contribution in [1.82, 2.24) is 0 Å². The molecule has 29 heavy (non-hydrogen) atoms. The first-order valence-corrected chi connectivity index (χ1v) is 13.5. The van der Waals surface area contributed by atoms with E-state index in [4.69, 9.17) is 0 Å². The van der Waals surface area contributed by atoms with E-state index in [1.165, 1.54) is 90.4 Å². The number of unbranched alkanes of at least 4 members (excludes halogenated alkanes) is 14. The fraction of sp³-hybridized carbons (Fsp3) is 1.00. The summed E-state index contributed by atoms with van der Waals surface area (Å²) in [4.78, 5) is 0. The number of hydrogen-bond acceptors (Lipinski definition) is 4. The van der Waals surface area contributed by atoms with Crippen molar-refractivity contribution in [2.24, 2.45) is 0 Å². The molecule has 0 heterocycles. The Hall–Kier alpha value is 0.870. The van der Waals surface area contributed by atoms with Crippen LogP contribution in [0, 0.1) is 0 Å². The van der Waals surface area contributed by atoms with E-state index in [1.807, 2.05) is 0 Å². The van der Waals surface area contributed by atoms with Gasteiger partial charge in [-0.05, 0) is 26.2 Å². The maximum absolute atomic E-state index is 10.8. The normalized spacial score (nSPS) is 13.8. The van der Waals surface area contributed by atoms with Crippen LogP contribution in [0.25, 0.3) is 0 Å². The van der Waals surface area contributed by atoms with Crippen molar-refractivity contribution in [3.63, 3.8) is 0 Å². The van der Waals surface area contributed by atoms with E-state index in [0.29, 0.717) is 19.3 Å². The van der Waals surface area contributed by atoms with Gasteiger partial charge in [-0.25, -0.2) is 8.42 Å². The largest absolute Gasteiger partial charge is 1.00 e. The van der Waals surface area contributed by atoms with E-state index in [0.717, 1.165) is 19.3 Å². The molecule has 2 atom stereocenters. The van der Waals surface area contributed by atoms with Crippen LogP contribution in [0.15, 0.2) is 0 Å². The molecule has 0 bridgehead atoms. The zero-order valence-corrected chi connectivity index (χ0v) is 22.5. The van der Waals surface area contributed by atoms with Crippen LogP contribution in [-0.2, 0) is 10.1 Å². The summed E-state index contributed by atoms with van der Waals surface area (Å²) in [6.07, 6.45) is 21.9. The van der Waals surface area contributed by atoms with Gasteiger partial charge in [0.2, 0.25) is 0 Å². The first-order valence-electron chi connectivity index (χ1n) is 12.0. The smallest absolute Gasteiger partial charge is 0.748 e. The Labute approximate surface area is 204 Å². The molecule has 0 saturated carbocycles. The summed E-state index contributed by atoms with van der Waals surface area (Å²) in [5, 5.41) is 9.18. The molecule has 0 aliphatic rings. The minimum absolute atomic E-state index is 0. The zero-order chi connectivity index (χ0) is 21.1. The van der Waals surface area contributed by atoms with Gasteiger partial charge in [-0.15, -0.1) is 0 Å². The Morgan fingerprint density at radius 2 is 0.966 bits per heavy atom. The Morgan fingerprint density at radius 3 is 1.34 bits per heavy atom. The van der Waals surface area contributed by atoms with Crippen LogP contribution in [-0.4, -0.2) is 29.4 Å². The number of aliphatic hydroxyl groups excluding tert-OH is 1. The summed E-state index contributed by atoms with van der Waals surface area (Å²) in [5.41, 5.74) is 0. The first-order chi connectivity index (χ1) is 13.4. The molecule has 0 radical (unpaired) electrons. The Morgan fingerprint density at radius 1 is 0.655 bits per heavy atom. The predicted molar refractivity (Wildman–Crippen MR) is 119 cm³/mol. The van der Waals surface area contributed by atoms with Gasteiger partial charge in [-0.1, -0.05) is 110 Å². The predicted octanol–water partition coefficient (Wildman–Crippen LogP) is 3.72. The average Bonchev–Trinajstić information content (AvgIpc) is 2.64. The molecule has 170 valence electrons. The van der Waals surface area contributed by atoms with Crippen molar-refractivity contribution in [3.8, 4) is 0 Å². The molecule has 4 nitrogen and oxygen atoms in total. The molecule has 0 aromatic carbocycles. The molecule has 0 rings (SSSR count). The summed E-state index contributed by atoms with van der Waals surface area (Å²) < 4.78 is 32.4. The van der Waals surface area contributed by atoms with Crippen molar-refractivity contribution in [3.05, 3.63) is 0 Å². The standard InChI is InChI=1S/C23H48O4S.Na/c1-3-4-5-6-7-8-9-10-11-12-13-14-15-16-20-23(24)21-18-17-19-22(2)28(25,26)27;/h22-24H,3-21H2,1-2H3,(H,25,26,27);/q;+1/p-1. The number of rotatable bonds is 21. The van der Waals surface area contributed by atoms with E-state index in [1.54, 1.807) is 0 Å². The number of aliphatic hydroxyl groups is 1. The molecule has 1 N–H and O–H groups in total. The maximum atomic E-state index is 10.8. The van der Waals surface area contributed by atoms with Crippen molar-refractivity contribution in [2.75, 3.05) is 0 Å². The third-order valence-electron chi connectivity index (χ3n) is 5.78. The van der Waals surface area contributed by atoms with Gasteiger partial charge in [0, 0.05) is 5.25 Å². The molecule has 0 saturated heterocycles. The molecule has 6 heteroatoms. The molecule has 0 aromatic heterocycles. The third kappa shape index (κ3) is 23.4. The van der Waals surface area contributed by atoms with Crippen LogP contribution in [0.4, 0.5) is 0 Å². The maximum Gasteiger partial charge on any atom is 1.00 e. The fourth-order valence-corrected chi connectivity index (χ4v) is 4.13. The Kier molecular flexibility index (Phi) is 24.4. The quantitative estimate of drug-likeness (QED) is 0.167. The van der Waals surface area contributed by atoms with Crippen molar-refractivity contribution >= 4 is 10.1 Å². The van der Waals surface area contributed by atoms with E-state index in [9.17, 15) is 18.1 Å². The van der Waals surface area contributed by atoms with Crippen molar-refractivity contribution in [1.29, 1.82) is 0 Å². The van der Waals surface area contributed by atoms with Crippen LogP contribution in [0.3, 0.4) is 0 Å². The van der Waals surface area contributed by atoms with Gasteiger partial charge in [0.15, 0.2) is 0 Å². The van der Waals surface area contributed by atoms with Gasteiger partial charge in [0.1, 0.15) is 0 Å². The van der Waals surface area contributed by atoms with Crippen molar-refractivity contribution in [2.45, 2.75) is 147 Å². The van der Waals surface area contributed by atoms with Crippen molar-refractivity contribution < 1.29 is 47.6 Å². The van der Waals surface area contributed by atoms with Gasteiger partial charge in [-0.3, -0.25) is 0 Å². The Bertz CT molecular complexity index is 429. The van der Waals surface area contributed by atoms with Crippen LogP contribution < -0.4 is 29.6 Å². The van der Waals surface area contributed by atoms with Gasteiger partial charge < -0.3 is 9.66 Å². The van der Waals surface area contributed by atoms with E-state index >= 15 is 0 Å². The summed E-state index contributed by atoms with van der Waals surface area (Å²) in [6.45, 7) is 3.73. The van der Waals surface area contributed by atoms with Crippen LogP contribution in [0.2, 0.25) is 0 Å². The second-order valence-electron chi connectivity index (χ2n) is 8.63. The summed E-state index contributed by atoms with van der Waals surface area (Å²) >= 11 is 0. The van der Waals surface area contributed by atoms with Gasteiger partial charge in [0.25, 0.3) is 0 Å². The summed E-state index contributed by atoms with van der Waals surface area (Å²) in [5.74, 6) is 0. The molecule has 0 fully saturated rings. The number of hydrogen-bond donors (Lipinski definition) is 1. The van der Waals surface area contributed by atoms with Crippen LogP contribution in [0.5, 0.6) is 0 Å². The zero-order valence-electron chi connectivity index (χ0n) is 19.7. The fourth-order valence-electron chi connectivity index (χ4n) is 3.67.